The van der Waals surface area contributed by atoms with Crippen molar-refractivity contribution in [2.45, 2.75) is 275 Å². The molecule has 14 atom stereocenters. The second-order valence-electron chi connectivity index (χ2n) is 21.6. The fraction of sp³-hybridized carbons (Fsp3) is 0.893. The summed E-state index contributed by atoms with van der Waals surface area (Å²) in [4.78, 5) is 104. The molecule has 5 N–H and O–H groups in total. The number of aliphatic hydroxyl groups excluding tert-OH is 4. The molecule has 0 aromatic heterocycles. The van der Waals surface area contributed by atoms with Crippen LogP contribution in [0.5, 0.6) is 0 Å². The SMILES string of the molecule is CCCCC[C@H](O[C@@H]1OC[C@H](O[C@@H]2OC[C@H](O)[C@H](O[C@@H]3OC[C@H](OOC(C)=O)[C@H](OOC(C)=O)[C@H]3OOC(C)=O)[C@H]2O)[C@H](O)[C@H]1O)[C@@H](CCCCCCCC(=O)CCCCCCCCCCCC(=O)NCCCCN(C)C)OC(C)=O. The zero-order chi connectivity index (χ0) is 59.5. The predicted molar refractivity (Wildman–Crippen MR) is 286 cm³/mol. The molecule has 0 bridgehead atoms. The maximum absolute atomic E-state index is 12.6. The summed E-state index contributed by atoms with van der Waals surface area (Å²) in [5.74, 6) is -2.75. The molecule has 0 unspecified atom stereocenters. The molecule has 0 aliphatic carbocycles. The lowest BCUT2D eigenvalue weighted by atomic mass is 9.98. The molecule has 25 heteroatoms. The van der Waals surface area contributed by atoms with Gasteiger partial charge in [-0.05, 0) is 72.0 Å². The highest BCUT2D eigenvalue weighted by Crippen LogP contribution is 2.32. The van der Waals surface area contributed by atoms with Gasteiger partial charge in [-0.15, -0.1) is 0 Å². The Morgan fingerprint density at radius 1 is 0.506 bits per heavy atom. The summed E-state index contributed by atoms with van der Waals surface area (Å²) in [6.45, 7) is 6.91. The summed E-state index contributed by atoms with van der Waals surface area (Å²) in [6.07, 6.45) is 1.03. The highest BCUT2D eigenvalue weighted by Gasteiger charge is 2.52. The summed E-state index contributed by atoms with van der Waals surface area (Å²) >= 11 is 0. The molecule has 81 heavy (non-hydrogen) atoms. The zero-order valence-corrected chi connectivity index (χ0v) is 49.1. The van der Waals surface area contributed by atoms with Crippen molar-refractivity contribution >= 4 is 35.6 Å². The molecule has 0 radical (unpaired) electrons. The van der Waals surface area contributed by atoms with Gasteiger partial charge < -0.3 is 63.8 Å². The molecule has 470 valence electrons. The van der Waals surface area contributed by atoms with Crippen LogP contribution in [0.4, 0.5) is 0 Å². The molecule has 3 aliphatic rings. The lowest BCUT2D eigenvalue weighted by molar-refractivity contribution is -0.448. The van der Waals surface area contributed by atoms with Crippen molar-refractivity contribution in [1.29, 1.82) is 0 Å². The van der Waals surface area contributed by atoms with Gasteiger partial charge in [0.1, 0.15) is 48.5 Å². The molecular formula is C56H98N2O23. The molecule has 1 amide bonds. The highest BCUT2D eigenvalue weighted by molar-refractivity contribution is 5.78. The average Bonchev–Trinajstić information content (AvgIpc) is 3.42. The fourth-order valence-electron chi connectivity index (χ4n) is 9.61. The van der Waals surface area contributed by atoms with E-state index in [1.54, 1.807) is 0 Å². The van der Waals surface area contributed by atoms with Crippen LogP contribution >= 0.6 is 0 Å². The standard InChI is InChI=1S/C56H98N2O23/c1-8-9-20-29-44(43(72-37(2)59)30-23-18-15-17-22-28-41(63)27-21-16-13-11-10-12-14-19-24-31-47(65)57-32-25-26-33-58(6)7)73-54-49(67)48(66)45(35-70-54)74-55-50(68)51(42(64)34-69-55)75-56-53(81-78-40(5)62)52(80-77-39(4)61)46(36-71-56)79-76-38(3)60/h42-46,48-56,64,66-68H,8-36H2,1-7H3,(H,57,65)/t42-,43+,44-,45-,46-,48-,49+,50+,51-,52-,53+,54-,55-,56-/m0/s1. The molecule has 3 rings (SSSR count). The van der Waals surface area contributed by atoms with E-state index in [1.165, 1.54) is 26.2 Å². The van der Waals surface area contributed by atoms with Gasteiger partial charge in [0.15, 0.2) is 37.2 Å². The lowest BCUT2D eigenvalue weighted by Crippen LogP contribution is -2.63. The monoisotopic (exact) mass is 1170 g/mol. The van der Waals surface area contributed by atoms with Crippen LogP contribution in [0.3, 0.4) is 0 Å². The van der Waals surface area contributed by atoms with Gasteiger partial charge in [-0.1, -0.05) is 90.4 Å². The summed E-state index contributed by atoms with van der Waals surface area (Å²) in [5, 5.41) is 48.2. The molecule has 0 spiro atoms. The number of nitrogens with one attached hydrogen (secondary N) is 1. The van der Waals surface area contributed by atoms with Crippen LogP contribution in [0, 0.1) is 0 Å². The number of ether oxygens (including phenoxy) is 7. The van der Waals surface area contributed by atoms with Crippen LogP contribution in [-0.2, 0) is 91.3 Å². The maximum Gasteiger partial charge on any atom is 0.339 e. The number of hydrogen-bond acceptors (Lipinski definition) is 24. The van der Waals surface area contributed by atoms with E-state index in [-0.39, 0.29) is 12.5 Å². The van der Waals surface area contributed by atoms with Crippen LogP contribution < -0.4 is 5.32 Å². The topological polar surface area (TPSA) is 319 Å². The minimum absolute atomic E-state index is 0.158. The minimum Gasteiger partial charge on any atom is -0.460 e. The van der Waals surface area contributed by atoms with Crippen LogP contribution in [0.2, 0.25) is 0 Å². The number of nitrogens with zero attached hydrogens (tertiary/aromatic N) is 1. The third-order valence-corrected chi connectivity index (χ3v) is 14.0. The van der Waals surface area contributed by atoms with E-state index >= 15 is 0 Å². The molecule has 0 aromatic carbocycles. The minimum atomic E-state index is -1.83. The third kappa shape index (κ3) is 29.7. The van der Waals surface area contributed by atoms with Crippen molar-refractivity contribution < 1.29 is 112 Å². The first-order valence-electron chi connectivity index (χ1n) is 29.5. The smallest absolute Gasteiger partial charge is 0.339 e. The number of rotatable bonds is 43. The Kier molecular flexibility index (Phi) is 36.7. The molecule has 3 heterocycles. The number of esters is 1. The first-order chi connectivity index (χ1) is 38.8. The molecule has 3 fully saturated rings. The van der Waals surface area contributed by atoms with Crippen molar-refractivity contribution in [2.75, 3.05) is 47.0 Å². The zero-order valence-electron chi connectivity index (χ0n) is 49.1. The lowest BCUT2D eigenvalue weighted by Gasteiger charge is -2.45. The second-order valence-corrected chi connectivity index (χ2v) is 21.6. The first kappa shape index (κ1) is 71.7. The van der Waals surface area contributed by atoms with Crippen LogP contribution in [-0.4, -0.2) is 194 Å². The molecule has 3 saturated heterocycles. The highest BCUT2D eigenvalue weighted by atomic mass is 17.3. The fourth-order valence-corrected chi connectivity index (χ4v) is 9.61. The molecule has 3 aliphatic heterocycles. The number of amides is 1. The molecule has 0 aromatic rings. The van der Waals surface area contributed by atoms with E-state index in [0.29, 0.717) is 44.3 Å². The van der Waals surface area contributed by atoms with Gasteiger partial charge in [-0.25, -0.2) is 14.4 Å². The second kappa shape index (κ2) is 41.5. The van der Waals surface area contributed by atoms with Crippen molar-refractivity contribution in [3.8, 4) is 0 Å². The Morgan fingerprint density at radius 2 is 1.02 bits per heavy atom. The Balaban J connectivity index is 1.43. The number of carbonyl (C=O) groups excluding carboxylic acids is 6. The Morgan fingerprint density at radius 3 is 1.62 bits per heavy atom. The first-order valence-corrected chi connectivity index (χ1v) is 29.5. The summed E-state index contributed by atoms with van der Waals surface area (Å²) < 4.78 is 41.2. The van der Waals surface area contributed by atoms with E-state index in [4.69, 9.17) is 52.7 Å². The van der Waals surface area contributed by atoms with Gasteiger partial charge in [0.05, 0.1) is 25.9 Å². The van der Waals surface area contributed by atoms with Gasteiger partial charge in [0.2, 0.25) is 5.91 Å². The van der Waals surface area contributed by atoms with Gasteiger partial charge >= 0.3 is 23.9 Å². The number of unbranched alkanes of at least 4 members (excludes halogenated alkanes) is 15. The van der Waals surface area contributed by atoms with Gasteiger partial charge in [0, 0.05) is 53.5 Å². The summed E-state index contributed by atoms with van der Waals surface area (Å²) in [6, 6.07) is 0. The van der Waals surface area contributed by atoms with Crippen LogP contribution in [0.25, 0.3) is 0 Å². The van der Waals surface area contributed by atoms with Gasteiger partial charge in [-0.2, -0.15) is 14.7 Å². The number of hydrogen-bond donors (Lipinski definition) is 5. The van der Waals surface area contributed by atoms with E-state index < -0.39 is 123 Å². The number of carbonyl (C=O) groups is 6. The van der Waals surface area contributed by atoms with E-state index in [9.17, 15) is 49.2 Å². The van der Waals surface area contributed by atoms with E-state index in [0.717, 1.165) is 130 Å². The summed E-state index contributed by atoms with van der Waals surface area (Å²) in [7, 11) is 4.11. The van der Waals surface area contributed by atoms with E-state index in [2.05, 4.69) is 34.1 Å². The van der Waals surface area contributed by atoms with Crippen LogP contribution in [0.15, 0.2) is 0 Å². The van der Waals surface area contributed by atoms with Gasteiger partial charge in [0.25, 0.3) is 0 Å². The Hall–Kier alpha value is -3.54. The predicted octanol–water partition coefficient (Wildman–Crippen LogP) is 4.81. The number of Topliss-reactive ketones (excluding diaryl/α,β-unsaturated/α-hetero) is 1. The number of ketones is 1. The van der Waals surface area contributed by atoms with Crippen LogP contribution in [0.1, 0.15) is 189 Å². The van der Waals surface area contributed by atoms with Crippen molar-refractivity contribution in [2.24, 2.45) is 0 Å². The molecule has 0 saturated carbocycles. The Bertz CT molecular complexity index is 1780. The largest absolute Gasteiger partial charge is 0.460 e. The third-order valence-electron chi connectivity index (χ3n) is 14.0. The van der Waals surface area contributed by atoms with E-state index in [1.807, 2.05) is 6.92 Å². The maximum atomic E-state index is 12.6. The number of aliphatic hydroxyl groups is 4. The Labute approximate surface area is 478 Å². The van der Waals surface area contributed by atoms with Gasteiger partial charge in [-0.3, -0.25) is 29.0 Å². The van der Waals surface area contributed by atoms with Crippen molar-refractivity contribution in [1.82, 2.24) is 10.2 Å². The molecule has 25 nitrogen and oxygen atoms in total. The normalized spacial score (nSPS) is 26.6. The van der Waals surface area contributed by atoms with Crippen molar-refractivity contribution in [3.05, 3.63) is 0 Å². The quantitative estimate of drug-likeness (QED) is 0.0237. The molecular weight excluding hydrogens is 1070 g/mol. The van der Waals surface area contributed by atoms with Crippen molar-refractivity contribution in [3.63, 3.8) is 0 Å². The summed E-state index contributed by atoms with van der Waals surface area (Å²) in [5.41, 5.74) is 0. The average molecular weight is 1170 g/mol.